The molecule has 2 aliphatic heterocycles. The standard InChI is InChI=1S/C23H28Cl2N4O2S/c1-28-11-8-15(9-12-28)22(30)29-13-10-19(18(14-29)20-6-7-21(25)32-20)27-23(31)26-17-4-2-16(24)3-5-17/h2-7,15,18-19H,8-14H2,1H3,(H2,26,27,31). The molecule has 3 heterocycles. The fraction of sp³-hybridized carbons (Fsp3) is 0.478. The monoisotopic (exact) mass is 494 g/mol. The van der Waals surface area contributed by atoms with Gasteiger partial charge in [0.1, 0.15) is 0 Å². The van der Waals surface area contributed by atoms with Gasteiger partial charge in [0.05, 0.1) is 4.34 Å². The van der Waals surface area contributed by atoms with E-state index >= 15 is 0 Å². The second-order valence-electron chi connectivity index (χ2n) is 8.61. The number of anilines is 1. The highest BCUT2D eigenvalue weighted by Crippen LogP contribution is 2.35. The molecule has 9 heteroatoms. The Kier molecular flexibility index (Phi) is 7.61. The van der Waals surface area contributed by atoms with E-state index in [0.717, 1.165) is 30.8 Å². The van der Waals surface area contributed by atoms with Crippen molar-refractivity contribution in [3.63, 3.8) is 0 Å². The maximum absolute atomic E-state index is 13.2. The molecule has 0 radical (unpaired) electrons. The highest BCUT2D eigenvalue weighted by Gasteiger charge is 2.37. The molecule has 0 spiro atoms. The summed E-state index contributed by atoms with van der Waals surface area (Å²) >= 11 is 13.6. The summed E-state index contributed by atoms with van der Waals surface area (Å²) in [6.07, 6.45) is 2.52. The lowest BCUT2D eigenvalue weighted by Crippen LogP contribution is -2.53. The highest BCUT2D eigenvalue weighted by atomic mass is 35.5. The fourth-order valence-corrected chi connectivity index (χ4v) is 5.87. The van der Waals surface area contributed by atoms with Crippen LogP contribution in [0.4, 0.5) is 10.5 Å². The zero-order valence-electron chi connectivity index (χ0n) is 18.0. The van der Waals surface area contributed by atoms with Gasteiger partial charge >= 0.3 is 6.03 Å². The first-order valence-corrected chi connectivity index (χ1v) is 12.5. The zero-order valence-corrected chi connectivity index (χ0v) is 20.3. The summed E-state index contributed by atoms with van der Waals surface area (Å²) < 4.78 is 0.711. The van der Waals surface area contributed by atoms with Crippen molar-refractivity contribution in [2.75, 3.05) is 38.5 Å². The smallest absolute Gasteiger partial charge is 0.319 e. The summed E-state index contributed by atoms with van der Waals surface area (Å²) in [5.41, 5.74) is 0.678. The Balaban J connectivity index is 1.43. The number of halogens is 2. The van der Waals surface area contributed by atoms with Crippen molar-refractivity contribution < 1.29 is 9.59 Å². The average molecular weight is 495 g/mol. The Bertz CT molecular complexity index is 944. The van der Waals surface area contributed by atoms with E-state index in [4.69, 9.17) is 23.2 Å². The van der Waals surface area contributed by atoms with E-state index < -0.39 is 0 Å². The fourth-order valence-electron chi connectivity index (χ4n) is 4.52. The lowest BCUT2D eigenvalue weighted by Gasteiger charge is -2.41. The van der Waals surface area contributed by atoms with Crippen LogP contribution in [0.25, 0.3) is 0 Å². The molecule has 2 atom stereocenters. The number of nitrogens with one attached hydrogen (secondary N) is 2. The molecule has 3 amide bonds. The van der Waals surface area contributed by atoms with Crippen molar-refractivity contribution >= 4 is 52.2 Å². The maximum Gasteiger partial charge on any atom is 0.319 e. The van der Waals surface area contributed by atoms with E-state index in [9.17, 15) is 9.59 Å². The molecule has 6 nitrogen and oxygen atoms in total. The molecule has 2 fully saturated rings. The summed E-state index contributed by atoms with van der Waals surface area (Å²) in [5, 5.41) is 6.61. The van der Waals surface area contributed by atoms with Gasteiger partial charge in [-0.15, -0.1) is 11.3 Å². The summed E-state index contributed by atoms with van der Waals surface area (Å²) in [6.45, 7) is 3.16. The summed E-state index contributed by atoms with van der Waals surface area (Å²) in [4.78, 5) is 31.2. The van der Waals surface area contributed by atoms with Crippen LogP contribution in [0, 0.1) is 5.92 Å². The lowest BCUT2D eigenvalue weighted by molar-refractivity contribution is -0.138. The molecule has 2 aliphatic rings. The maximum atomic E-state index is 13.2. The van der Waals surface area contributed by atoms with Crippen LogP contribution in [0.2, 0.25) is 9.36 Å². The van der Waals surface area contributed by atoms with E-state index in [0.29, 0.717) is 34.6 Å². The van der Waals surface area contributed by atoms with Crippen molar-refractivity contribution in [3.8, 4) is 0 Å². The number of carbonyl (C=O) groups excluding carboxylic acids is 2. The van der Waals surface area contributed by atoms with Crippen molar-refractivity contribution in [1.29, 1.82) is 0 Å². The molecule has 0 bridgehead atoms. The first-order valence-electron chi connectivity index (χ1n) is 10.9. The highest BCUT2D eigenvalue weighted by molar-refractivity contribution is 7.16. The second-order valence-corrected chi connectivity index (χ2v) is 10.8. The lowest BCUT2D eigenvalue weighted by atomic mass is 9.88. The summed E-state index contributed by atoms with van der Waals surface area (Å²) in [5.74, 6) is 0.346. The molecule has 2 N–H and O–H groups in total. The van der Waals surface area contributed by atoms with E-state index in [-0.39, 0.29) is 29.8 Å². The Morgan fingerprint density at radius 3 is 2.38 bits per heavy atom. The molecule has 2 saturated heterocycles. The molecule has 1 aromatic carbocycles. The first-order chi connectivity index (χ1) is 15.4. The van der Waals surface area contributed by atoms with Gasteiger partial charge in [-0.05, 0) is 75.8 Å². The van der Waals surface area contributed by atoms with Gasteiger partial charge in [0.2, 0.25) is 5.91 Å². The molecular formula is C23H28Cl2N4O2S. The number of benzene rings is 1. The van der Waals surface area contributed by atoms with Gasteiger partial charge in [-0.2, -0.15) is 0 Å². The normalized spacial score (nSPS) is 22.5. The van der Waals surface area contributed by atoms with Crippen LogP contribution in [0.15, 0.2) is 36.4 Å². The number of hydrogen-bond donors (Lipinski definition) is 2. The number of likely N-dealkylation sites (tertiary alicyclic amines) is 2. The number of piperidine rings is 2. The average Bonchev–Trinajstić information content (AvgIpc) is 3.22. The number of thiophene rings is 1. The van der Waals surface area contributed by atoms with Crippen LogP contribution in [-0.4, -0.2) is 61.0 Å². The summed E-state index contributed by atoms with van der Waals surface area (Å²) in [7, 11) is 2.10. The van der Waals surface area contributed by atoms with Crippen LogP contribution in [0.3, 0.4) is 0 Å². The Hall–Kier alpha value is -1.80. The molecule has 1 aromatic heterocycles. The minimum atomic E-state index is -0.264. The number of urea groups is 1. The van der Waals surface area contributed by atoms with Crippen LogP contribution in [0.1, 0.15) is 30.1 Å². The van der Waals surface area contributed by atoms with Crippen molar-refractivity contribution in [3.05, 3.63) is 50.6 Å². The van der Waals surface area contributed by atoms with Crippen LogP contribution < -0.4 is 10.6 Å². The number of rotatable bonds is 4. The Morgan fingerprint density at radius 2 is 1.72 bits per heavy atom. The van der Waals surface area contributed by atoms with Crippen molar-refractivity contribution in [1.82, 2.24) is 15.1 Å². The molecule has 2 unspecified atom stereocenters. The number of carbonyl (C=O) groups is 2. The van der Waals surface area contributed by atoms with E-state index in [1.54, 1.807) is 24.3 Å². The molecule has 172 valence electrons. The SMILES string of the molecule is CN1CCC(C(=O)N2CCC(NC(=O)Nc3ccc(Cl)cc3)C(c3ccc(Cl)s3)C2)CC1. The zero-order chi connectivity index (χ0) is 22.7. The third kappa shape index (κ3) is 5.76. The van der Waals surface area contributed by atoms with Gasteiger partial charge in [-0.25, -0.2) is 4.79 Å². The van der Waals surface area contributed by atoms with Crippen LogP contribution >= 0.6 is 34.5 Å². The Morgan fingerprint density at radius 1 is 1.00 bits per heavy atom. The molecule has 2 aromatic rings. The van der Waals surface area contributed by atoms with Crippen molar-refractivity contribution in [2.24, 2.45) is 5.92 Å². The third-order valence-corrected chi connectivity index (χ3v) is 7.99. The van der Waals surface area contributed by atoms with Crippen LogP contribution in [0.5, 0.6) is 0 Å². The quantitative estimate of drug-likeness (QED) is 0.634. The molecule has 32 heavy (non-hydrogen) atoms. The predicted octanol–water partition coefficient (Wildman–Crippen LogP) is 4.90. The largest absolute Gasteiger partial charge is 0.342 e. The Labute approximate surface area is 202 Å². The van der Waals surface area contributed by atoms with E-state index in [2.05, 4.69) is 22.6 Å². The van der Waals surface area contributed by atoms with Crippen molar-refractivity contribution in [2.45, 2.75) is 31.2 Å². The van der Waals surface area contributed by atoms with Gasteiger partial charge in [0.15, 0.2) is 0 Å². The van der Waals surface area contributed by atoms with Gasteiger partial charge in [-0.3, -0.25) is 4.79 Å². The summed E-state index contributed by atoms with van der Waals surface area (Å²) in [6, 6.07) is 10.5. The number of hydrogen-bond acceptors (Lipinski definition) is 4. The van der Waals surface area contributed by atoms with Gasteiger partial charge in [-0.1, -0.05) is 23.2 Å². The number of nitrogens with zero attached hydrogens (tertiary/aromatic N) is 2. The molecule has 0 saturated carbocycles. The van der Waals surface area contributed by atoms with Gasteiger partial charge < -0.3 is 20.4 Å². The molecule has 0 aliphatic carbocycles. The molecule has 4 rings (SSSR count). The topological polar surface area (TPSA) is 64.7 Å². The van der Waals surface area contributed by atoms with Gasteiger partial charge in [0, 0.05) is 46.6 Å². The van der Waals surface area contributed by atoms with Gasteiger partial charge in [0.25, 0.3) is 0 Å². The predicted molar refractivity (Wildman–Crippen MR) is 131 cm³/mol. The van der Waals surface area contributed by atoms with E-state index in [1.165, 1.54) is 11.3 Å². The third-order valence-electron chi connectivity index (χ3n) is 6.37. The van der Waals surface area contributed by atoms with E-state index in [1.807, 2.05) is 17.0 Å². The second kappa shape index (κ2) is 10.4. The minimum Gasteiger partial charge on any atom is -0.342 e. The minimum absolute atomic E-state index is 0.00688. The molecular weight excluding hydrogens is 467 g/mol. The van der Waals surface area contributed by atoms with Crippen LogP contribution in [-0.2, 0) is 4.79 Å². The number of amides is 3. The first kappa shape index (κ1) is 23.4.